The van der Waals surface area contributed by atoms with E-state index in [9.17, 15) is 13.9 Å². The summed E-state index contributed by atoms with van der Waals surface area (Å²) >= 11 is 0. The van der Waals surface area contributed by atoms with Crippen LogP contribution >= 0.6 is 10.7 Å². The Labute approximate surface area is 267 Å². The fourth-order valence-electron chi connectivity index (χ4n) is 5.77. The summed E-state index contributed by atoms with van der Waals surface area (Å²) in [5.74, 6) is -2.25. The molecule has 2 aromatic carbocycles. The number of ether oxygens (including phenoxy) is 2. The van der Waals surface area contributed by atoms with Gasteiger partial charge in [-0.3, -0.25) is 0 Å². The molecule has 3 aromatic rings. The van der Waals surface area contributed by atoms with Gasteiger partial charge >= 0.3 is 0 Å². The van der Waals surface area contributed by atoms with Crippen LogP contribution in [0.4, 0.5) is 26.0 Å². The Morgan fingerprint density at radius 2 is 1.93 bits per heavy atom. The number of nitrogens with zero attached hydrogens (tertiary/aromatic N) is 5. The lowest BCUT2D eigenvalue weighted by Gasteiger charge is -2.31. The Bertz CT molecular complexity index is 1940. The monoisotopic (exact) mass is 646 g/mol. The SMILES string of the molecule is C/C=S(/Nc1cc2c(cc1N1CCOCC1)=CC(=C([O-])c1cnn(C3CN=C(Oc4c(F)cccc4F)C=C3C)c1N)N=2)C1CC1. The molecule has 7 rings (SSSR count). The zero-order chi connectivity index (χ0) is 31.9. The number of hydrogen-bond acceptors (Lipinski definition) is 9. The molecule has 1 aromatic heterocycles. The van der Waals surface area contributed by atoms with Gasteiger partial charge in [-0.25, -0.2) is 23.4 Å². The number of nitrogen functional groups attached to an aromatic ring is 1. The molecular formula is C33H34F2N7O3S-. The molecule has 0 bridgehead atoms. The van der Waals surface area contributed by atoms with Gasteiger partial charge in [0.15, 0.2) is 11.6 Å². The second kappa shape index (κ2) is 12.4. The summed E-state index contributed by atoms with van der Waals surface area (Å²) in [4.78, 5) is 11.4. The Morgan fingerprint density at radius 3 is 2.63 bits per heavy atom. The molecule has 10 nitrogen and oxygen atoms in total. The van der Waals surface area contributed by atoms with E-state index in [1.54, 1.807) is 12.2 Å². The Morgan fingerprint density at radius 1 is 1.17 bits per heavy atom. The zero-order valence-electron chi connectivity index (χ0n) is 25.5. The average molecular weight is 647 g/mol. The first-order valence-electron chi connectivity index (χ1n) is 15.2. The number of dihydropyridines is 1. The molecule has 0 spiro atoms. The van der Waals surface area contributed by atoms with Gasteiger partial charge in [0.2, 0.25) is 11.6 Å². The fourth-order valence-corrected chi connectivity index (χ4v) is 7.50. The lowest BCUT2D eigenvalue weighted by molar-refractivity contribution is -0.244. The highest BCUT2D eigenvalue weighted by atomic mass is 32.2. The average Bonchev–Trinajstić information content (AvgIpc) is 3.71. The van der Waals surface area contributed by atoms with Crippen LogP contribution in [0.2, 0.25) is 0 Å². The molecule has 2 atom stereocenters. The number of aliphatic imine (C=N–C) groups is 1. The highest BCUT2D eigenvalue weighted by Crippen LogP contribution is 2.41. The molecule has 3 aliphatic heterocycles. The van der Waals surface area contributed by atoms with Crippen molar-refractivity contribution >= 4 is 51.0 Å². The number of anilines is 3. The van der Waals surface area contributed by atoms with Crippen LogP contribution in [0.15, 0.2) is 63.9 Å². The second-order valence-corrected chi connectivity index (χ2v) is 13.6. The van der Waals surface area contributed by atoms with Gasteiger partial charge in [-0.05, 0) is 68.0 Å². The largest absolute Gasteiger partial charge is 0.870 e. The minimum absolute atomic E-state index is 0.0435. The lowest BCUT2D eigenvalue weighted by Crippen LogP contribution is -2.38. The van der Waals surface area contributed by atoms with Crippen molar-refractivity contribution in [2.45, 2.75) is 38.0 Å². The van der Waals surface area contributed by atoms with Gasteiger partial charge in [0.25, 0.3) is 0 Å². The van der Waals surface area contributed by atoms with E-state index in [1.807, 2.05) is 13.0 Å². The van der Waals surface area contributed by atoms with Crippen molar-refractivity contribution in [3.63, 3.8) is 0 Å². The number of halogens is 2. The molecular weight excluding hydrogens is 612 g/mol. The normalized spacial score (nSPS) is 21.1. The molecule has 1 saturated heterocycles. The summed E-state index contributed by atoms with van der Waals surface area (Å²) in [6.07, 6.45) is 7.28. The minimum Gasteiger partial charge on any atom is -0.870 e. The van der Waals surface area contributed by atoms with Gasteiger partial charge in [0, 0.05) is 35.2 Å². The van der Waals surface area contributed by atoms with Crippen LogP contribution in [0, 0.1) is 11.6 Å². The number of nitrogens with one attached hydrogen (secondary N) is 1. The van der Waals surface area contributed by atoms with E-state index in [2.05, 4.69) is 38.1 Å². The summed E-state index contributed by atoms with van der Waals surface area (Å²) < 4.78 is 44.5. The molecule has 0 radical (unpaired) electrons. The van der Waals surface area contributed by atoms with Crippen LogP contribution in [0.1, 0.15) is 38.3 Å². The first-order chi connectivity index (χ1) is 22.3. The van der Waals surface area contributed by atoms with E-state index in [4.69, 9.17) is 20.2 Å². The maximum atomic E-state index is 14.1. The first kappa shape index (κ1) is 30.2. The Balaban J connectivity index is 1.17. The quantitative estimate of drug-likeness (QED) is 0.298. The molecule has 1 saturated carbocycles. The zero-order valence-corrected chi connectivity index (χ0v) is 26.3. The highest BCUT2D eigenvalue weighted by Gasteiger charge is 2.27. The van der Waals surface area contributed by atoms with Gasteiger partial charge in [-0.2, -0.15) is 5.10 Å². The third-order valence-corrected chi connectivity index (χ3v) is 10.6. The number of rotatable bonds is 7. The number of benzene rings is 2. The highest BCUT2D eigenvalue weighted by molar-refractivity contribution is 8.16. The Hall–Kier alpha value is -4.49. The topological polar surface area (TPSA) is 125 Å². The number of nitrogens with two attached hydrogens (primary N) is 1. The van der Waals surface area contributed by atoms with Gasteiger partial charge in [-0.1, -0.05) is 22.5 Å². The van der Waals surface area contributed by atoms with E-state index in [1.165, 1.54) is 29.8 Å². The first-order valence-corrected chi connectivity index (χ1v) is 16.6. The second-order valence-electron chi connectivity index (χ2n) is 11.5. The number of fused-ring (bicyclic) bond motifs is 1. The summed E-state index contributed by atoms with van der Waals surface area (Å²) in [5.41, 5.74) is 9.84. The standard InChI is InChI=1S/C33H35F2N7O3S/c1-3-46(21-7-8-21)40-26-16-25-20(15-28(26)41-9-11-44-12-10-41)14-27(39-25)31(43)22-17-38-42(33(22)36)29-18-37-30(13-19(29)2)45-32-23(34)5-4-6-24(32)35/h3-6,13-17,21,29,40,43H,7-12,18,36H2,1-2H3/p-1. The van der Waals surface area contributed by atoms with Crippen LogP contribution in [0.25, 0.3) is 11.8 Å². The van der Waals surface area contributed by atoms with Crippen LogP contribution in [0.5, 0.6) is 5.75 Å². The summed E-state index contributed by atoms with van der Waals surface area (Å²) in [6.45, 7) is 6.97. The molecule has 1 aliphatic carbocycles. The van der Waals surface area contributed by atoms with Crippen LogP contribution in [0.3, 0.4) is 0 Å². The van der Waals surface area contributed by atoms with Crippen LogP contribution < -0.4 is 35.8 Å². The molecule has 2 fully saturated rings. The smallest absolute Gasteiger partial charge is 0.215 e. The van der Waals surface area contributed by atoms with E-state index < -0.39 is 23.4 Å². The van der Waals surface area contributed by atoms with E-state index in [-0.39, 0.29) is 46.0 Å². The number of hydrogen-bond donors (Lipinski definition) is 2. The third kappa shape index (κ3) is 5.80. The lowest BCUT2D eigenvalue weighted by atomic mass is 10.1. The van der Waals surface area contributed by atoms with E-state index in [0.29, 0.717) is 18.5 Å². The predicted octanol–water partition coefficient (Wildman–Crippen LogP) is 3.28. The van der Waals surface area contributed by atoms with Crippen molar-refractivity contribution in [2.24, 2.45) is 9.98 Å². The molecule has 3 N–H and O–H groups in total. The molecule has 4 heterocycles. The minimum atomic E-state index is -0.823. The third-order valence-electron chi connectivity index (χ3n) is 8.42. The number of allylic oxidation sites excluding steroid dienone is 1. The van der Waals surface area contributed by atoms with Crippen molar-refractivity contribution in [2.75, 3.05) is 48.2 Å². The van der Waals surface area contributed by atoms with Crippen molar-refractivity contribution < 1.29 is 23.4 Å². The van der Waals surface area contributed by atoms with Crippen molar-refractivity contribution in [3.8, 4) is 5.75 Å². The number of aromatic nitrogens is 2. The molecule has 0 amide bonds. The van der Waals surface area contributed by atoms with Crippen molar-refractivity contribution in [3.05, 3.63) is 81.6 Å². The maximum Gasteiger partial charge on any atom is 0.215 e. The molecule has 13 heteroatoms. The van der Waals surface area contributed by atoms with Crippen molar-refractivity contribution in [1.29, 1.82) is 0 Å². The van der Waals surface area contributed by atoms with Crippen LogP contribution in [-0.4, -0.2) is 59.1 Å². The van der Waals surface area contributed by atoms with E-state index >= 15 is 0 Å². The predicted molar refractivity (Wildman–Crippen MR) is 176 cm³/mol. The van der Waals surface area contributed by atoms with Crippen LogP contribution in [-0.2, 0) is 4.74 Å². The number of morpholine rings is 1. The molecule has 4 aliphatic rings. The molecule has 240 valence electrons. The van der Waals surface area contributed by atoms with Gasteiger partial charge in [-0.15, -0.1) is 0 Å². The van der Waals surface area contributed by atoms with Gasteiger partial charge in [0.05, 0.1) is 54.4 Å². The molecule has 2 unspecified atom stereocenters. The maximum absolute atomic E-state index is 14.1. The van der Waals surface area contributed by atoms with Gasteiger partial charge < -0.3 is 29.9 Å². The number of para-hydroxylation sites is 1. The van der Waals surface area contributed by atoms with Crippen molar-refractivity contribution in [1.82, 2.24) is 9.78 Å². The van der Waals surface area contributed by atoms with E-state index in [0.717, 1.165) is 52.7 Å². The summed E-state index contributed by atoms with van der Waals surface area (Å²) in [5, 5.41) is 22.7. The molecule has 46 heavy (non-hydrogen) atoms. The summed E-state index contributed by atoms with van der Waals surface area (Å²) in [7, 11) is -0.0435. The van der Waals surface area contributed by atoms with Gasteiger partial charge in [0.1, 0.15) is 5.82 Å². The summed E-state index contributed by atoms with van der Waals surface area (Å²) in [6, 6.07) is 7.22. The Kier molecular flexibility index (Phi) is 8.11. The fraction of sp³-hybridized carbons (Fsp3) is 0.333.